The van der Waals surface area contributed by atoms with Crippen molar-refractivity contribution in [2.75, 3.05) is 9.80 Å². The molecule has 0 fully saturated rings. The predicted molar refractivity (Wildman–Crippen MR) is 244 cm³/mol. The molecule has 274 valence electrons. The third-order valence-electron chi connectivity index (χ3n) is 11.1. The lowest BCUT2D eigenvalue weighted by Crippen LogP contribution is -2.20. The molecule has 0 N–H and O–H groups in total. The Labute approximate surface area is 336 Å². The van der Waals surface area contributed by atoms with Crippen molar-refractivity contribution in [3.63, 3.8) is 0 Å². The highest BCUT2D eigenvalue weighted by Crippen LogP contribution is 2.41. The van der Waals surface area contributed by atoms with E-state index in [0.717, 1.165) is 41.3 Å². The molecular formula is C55H44N2. The van der Waals surface area contributed by atoms with Crippen molar-refractivity contribution >= 4 is 39.2 Å². The van der Waals surface area contributed by atoms with Crippen LogP contribution in [0.25, 0.3) is 44.2 Å². The van der Waals surface area contributed by atoms with Crippen LogP contribution >= 0.6 is 0 Å². The van der Waals surface area contributed by atoms with E-state index in [9.17, 15) is 0 Å². The first-order valence-corrected chi connectivity index (χ1v) is 19.8. The molecule has 8 aromatic rings. The average Bonchev–Trinajstić information content (AvgIpc) is 3.28. The third-order valence-corrected chi connectivity index (χ3v) is 11.1. The van der Waals surface area contributed by atoms with Crippen LogP contribution in [0.1, 0.15) is 19.8 Å². The van der Waals surface area contributed by atoms with E-state index in [1.54, 1.807) is 0 Å². The summed E-state index contributed by atoms with van der Waals surface area (Å²) < 4.78 is 0. The minimum atomic E-state index is 0.976. The summed E-state index contributed by atoms with van der Waals surface area (Å²) in [5.41, 5.74) is 16.7. The van der Waals surface area contributed by atoms with Gasteiger partial charge in [0.15, 0.2) is 0 Å². The number of nitrogens with zero attached hydrogens (tertiary/aromatic N) is 2. The van der Waals surface area contributed by atoms with Gasteiger partial charge < -0.3 is 9.80 Å². The molecule has 2 heteroatoms. The lowest BCUT2D eigenvalue weighted by molar-refractivity contribution is 0.890. The number of benzene rings is 8. The van der Waals surface area contributed by atoms with Crippen LogP contribution in [0.2, 0.25) is 0 Å². The van der Waals surface area contributed by atoms with Gasteiger partial charge in [-0.25, -0.2) is 0 Å². The van der Waals surface area contributed by atoms with Crippen LogP contribution in [-0.4, -0.2) is 0 Å². The first-order valence-electron chi connectivity index (χ1n) is 19.8. The summed E-state index contributed by atoms with van der Waals surface area (Å²) in [4.78, 5) is 4.74. The number of anilines is 5. The van der Waals surface area contributed by atoms with E-state index < -0.39 is 0 Å². The number of allylic oxidation sites excluding steroid dienone is 5. The summed E-state index contributed by atoms with van der Waals surface area (Å²) in [5.74, 6) is 0. The predicted octanol–water partition coefficient (Wildman–Crippen LogP) is 15.6. The molecule has 0 aliphatic heterocycles. The van der Waals surface area contributed by atoms with E-state index in [0.29, 0.717) is 0 Å². The minimum absolute atomic E-state index is 0.976. The summed E-state index contributed by atoms with van der Waals surface area (Å²) in [5, 5.41) is 2.45. The van der Waals surface area contributed by atoms with Crippen LogP contribution in [0.4, 0.5) is 28.4 Å². The minimum Gasteiger partial charge on any atom is -0.314 e. The maximum atomic E-state index is 4.16. The monoisotopic (exact) mass is 732 g/mol. The molecule has 0 unspecified atom stereocenters. The SMILES string of the molecule is C=CC1=C(N(c2ccccc2)c2ccc(-c3ccc(-c4ccc(-c5ccc(N(c6ccccc6)c6cccc7ccccc67)cc5)cc4)cc3)cc2)CCC=C1C. The van der Waals surface area contributed by atoms with Crippen LogP contribution in [0, 0.1) is 0 Å². The van der Waals surface area contributed by atoms with E-state index >= 15 is 0 Å². The molecule has 0 saturated carbocycles. The normalized spacial score (nSPS) is 12.6. The standard InChI is InChI=1S/C55H44N2/c1-3-52-40(2)14-12-22-54(52)56(48-17-6-4-7-18-48)50-36-32-45(33-37-50)43-28-24-41(25-29-43)42-26-30-44(31-27-42)46-34-38-51(39-35-46)57(49-19-8-5-9-20-49)55-23-13-16-47-15-10-11-21-53(47)55/h3-11,13-21,23-39H,1,12,22H2,2H3. The zero-order chi connectivity index (χ0) is 38.6. The molecule has 0 saturated heterocycles. The van der Waals surface area contributed by atoms with Gasteiger partial charge in [0.1, 0.15) is 0 Å². The third kappa shape index (κ3) is 7.22. The molecule has 2 nitrogen and oxygen atoms in total. The smallest absolute Gasteiger partial charge is 0.0540 e. The summed E-state index contributed by atoms with van der Waals surface area (Å²) in [7, 11) is 0. The van der Waals surface area contributed by atoms with Crippen molar-refractivity contribution in [2.24, 2.45) is 0 Å². The number of fused-ring (bicyclic) bond motifs is 1. The first kappa shape index (κ1) is 35.5. The average molecular weight is 733 g/mol. The number of rotatable bonds is 10. The summed E-state index contributed by atoms with van der Waals surface area (Å²) in [6.45, 7) is 6.35. The molecule has 0 spiro atoms. The fourth-order valence-corrected chi connectivity index (χ4v) is 8.17. The number of hydrogen-bond donors (Lipinski definition) is 0. The second kappa shape index (κ2) is 15.9. The quantitative estimate of drug-likeness (QED) is 0.138. The summed E-state index contributed by atoms with van der Waals surface area (Å²) >= 11 is 0. The highest BCUT2D eigenvalue weighted by atomic mass is 15.2. The van der Waals surface area contributed by atoms with Gasteiger partial charge in [0, 0.05) is 33.8 Å². The van der Waals surface area contributed by atoms with Crippen LogP contribution in [0.5, 0.6) is 0 Å². The highest BCUT2D eigenvalue weighted by Gasteiger charge is 2.21. The Hall–Kier alpha value is -7.16. The van der Waals surface area contributed by atoms with Gasteiger partial charge in [0.25, 0.3) is 0 Å². The highest BCUT2D eigenvalue weighted by molar-refractivity contribution is 5.99. The molecule has 8 aromatic carbocycles. The fourth-order valence-electron chi connectivity index (χ4n) is 8.17. The molecule has 0 bridgehead atoms. The van der Waals surface area contributed by atoms with Gasteiger partial charge in [-0.1, -0.05) is 164 Å². The van der Waals surface area contributed by atoms with Gasteiger partial charge in [0.05, 0.1) is 5.69 Å². The molecule has 1 aliphatic carbocycles. The van der Waals surface area contributed by atoms with Gasteiger partial charge >= 0.3 is 0 Å². The van der Waals surface area contributed by atoms with Gasteiger partial charge in [-0.2, -0.15) is 0 Å². The molecular weight excluding hydrogens is 689 g/mol. The van der Waals surface area contributed by atoms with Gasteiger partial charge in [0.2, 0.25) is 0 Å². The molecule has 0 atom stereocenters. The molecule has 0 heterocycles. The van der Waals surface area contributed by atoms with Gasteiger partial charge in [-0.15, -0.1) is 0 Å². The van der Waals surface area contributed by atoms with E-state index in [2.05, 4.69) is 230 Å². The molecule has 57 heavy (non-hydrogen) atoms. The zero-order valence-electron chi connectivity index (χ0n) is 32.2. The summed E-state index contributed by atoms with van der Waals surface area (Å²) in [6, 6.07) is 72.1. The Morgan fingerprint density at radius 3 is 1.33 bits per heavy atom. The molecule has 0 amide bonds. The van der Waals surface area contributed by atoms with Gasteiger partial charge in [-0.05, 0) is 124 Å². The molecule has 0 radical (unpaired) electrons. The van der Waals surface area contributed by atoms with Gasteiger partial charge in [-0.3, -0.25) is 0 Å². The number of hydrogen-bond acceptors (Lipinski definition) is 2. The van der Waals surface area contributed by atoms with Crippen LogP contribution < -0.4 is 9.80 Å². The van der Waals surface area contributed by atoms with E-state index in [-0.39, 0.29) is 0 Å². The fraction of sp³-hybridized carbons (Fsp3) is 0.0545. The largest absolute Gasteiger partial charge is 0.314 e. The Balaban J connectivity index is 0.937. The Morgan fingerprint density at radius 1 is 0.421 bits per heavy atom. The molecule has 0 aromatic heterocycles. The Kier molecular flexibility index (Phi) is 9.91. The first-order chi connectivity index (χ1) is 28.1. The van der Waals surface area contributed by atoms with E-state index in [1.807, 2.05) is 6.08 Å². The van der Waals surface area contributed by atoms with E-state index in [4.69, 9.17) is 0 Å². The Bertz CT molecular complexity index is 2700. The maximum Gasteiger partial charge on any atom is 0.0540 e. The lowest BCUT2D eigenvalue weighted by Gasteiger charge is -2.32. The lowest BCUT2D eigenvalue weighted by atomic mass is 9.94. The summed E-state index contributed by atoms with van der Waals surface area (Å²) in [6.07, 6.45) is 6.33. The second-order valence-corrected chi connectivity index (χ2v) is 14.6. The van der Waals surface area contributed by atoms with Crippen LogP contribution in [-0.2, 0) is 0 Å². The maximum absolute atomic E-state index is 4.16. The molecule has 1 aliphatic rings. The van der Waals surface area contributed by atoms with Crippen molar-refractivity contribution in [3.8, 4) is 33.4 Å². The van der Waals surface area contributed by atoms with Crippen molar-refractivity contribution in [1.82, 2.24) is 0 Å². The Morgan fingerprint density at radius 2 is 0.825 bits per heavy atom. The molecule has 9 rings (SSSR count). The second-order valence-electron chi connectivity index (χ2n) is 14.6. The zero-order valence-corrected chi connectivity index (χ0v) is 32.2. The topological polar surface area (TPSA) is 6.48 Å². The van der Waals surface area contributed by atoms with Crippen molar-refractivity contribution < 1.29 is 0 Å². The van der Waals surface area contributed by atoms with Crippen LogP contribution in [0.3, 0.4) is 0 Å². The van der Waals surface area contributed by atoms with Crippen molar-refractivity contribution in [3.05, 3.63) is 236 Å². The van der Waals surface area contributed by atoms with Crippen LogP contribution in [0.15, 0.2) is 236 Å². The van der Waals surface area contributed by atoms with Crippen molar-refractivity contribution in [2.45, 2.75) is 19.8 Å². The number of para-hydroxylation sites is 2. The van der Waals surface area contributed by atoms with E-state index in [1.165, 1.54) is 61.0 Å². The van der Waals surface area contributed by atoms with Crippen molar-refractivity contribution in [1.29, 1.82) is 0 Å².